The van der Waals surface area contributed by atoms with Crippen LogP contribution in [0.1, 0.15) is 13.8 Å². The molecule has 3 rings (SSSR count). The van der Waals surface area contributed by atoms with Crippen LogP contribution in [-0.2, 0) is 9.53 Å². The van der Waals surface area contributed by atoms with Crippen LogP contribution in [-0.4, -0.2) is 42.6 Å². The number of morpholine rings is 1. The van der Waals surface area contributed by atoms with Crippen molar-refractivity contribution in [2.24, 2.45) is 0 Å². The van der Waals surface area contributed by atoms with E-state index in [0.29, 0.717) is 6.54 Å². The maximum absolute atomic E-state index is 12.3. The molecule has 4 heteroatoms. The molecule has 1 fully saturated rings. The van der Waals surface area contributed by atoms with Crippen molar-refractivity contribution in [2.45, 2.75) is 26.1 Å². The Morgan fingerprint density at radius 3 is 2.21 bits per heavy atom. The average molecular weight is 324 g/mol. The predicted molar refractivity (Wildman–Crippen MR) is 97.0 cm³/mol. The van der Waals surface area contributed by atoms with Gasteiger partial charge in [0.05, 0.1) is 18.8 Å². The molecule has 1 aliphatic heterocycles. The maximum Gasteiger partial charge on any atom is 0.238 e. The number of hydrogen-bond donors (Lipinski definition) is 1. The minimum absolute atomic E-state index is 0.0174. The van der Waals surface area contributed by atoms with Gasteiger partial charge in [0.2, 0.25) is 5.91 Å². The number of benzene rings is 2. The lowest BCUT2D eigenvalue weighted by atomic mass is 10.1. The highest BCUT2D eigenvalue weighted by Gasteiger charge is 2.23. The van der Waals surface area contributed by atoms with Crippen molar-refractivity contribution in [3.63, 3.8) is 0 Å². The molecule has 1 saturated heterocycles. The third kappa shape index (κ3) is 4.43. The zero-order valence-electron chi connectivity index (χ0n) is 14.2. The second kappa shape index (κ2) is 7.60. The fourth-order valence-corrected chi connectivity index (χ4v) is 3.19. The van der Waals surface area contributed by atoms with Crippen LogP contribution in [0.3, 0.4) is 0 Å². The third-order valence-electron chi connectivity index (χ3n) is 4.14. The topological polar surface area (TPSA) is 41.6 Å². The van der Waals surface area contributed by atoms with Crippen molar-refractivity contribution >= 4 is 11.6 Å². The SMILES string of the molecule is C[C@H]1CN(CC(=O)Nc2ccc(-c3ccccc3)cc2)C[C@H](C)O1. The first-order valence-electron chi connectivity index (χ1n) is 8.43. The van der Waals surface area contributed by atoms with E-state index in [1.165, 1.54) is 5.56 Å². The number of carbonyl (C=O) groups is 1. The Kier molecular flexibility index (Phi) is 5.28. The predicted octanol–water partition coefficient (Wildman–Crippen LogP) is 3.40. The molecule has 0 bridgehead atoms. The molecule has 2 atom stereocenters. The highest BCUT2D eigenvalue weighted by Crippen LogP contribution is 2.21. The van der Waals surface area contributed by atoms with Gasteiger partial charge >= 0.3 is 0 Å². The van der Waals surface area contributed by atoms with Gasteiger partial charge in [-0.3, -0.25) is 9.69 Å². The van der Waals surface area contributed by atoms with E-state index in [2.05, 4.69) is 22.3 Å². The molecule has 0 aromatic heterocycles. The van der Waals surface area contributed by atoms with Gasteiger partial charge in [-0.15, -0.1) is 0 Å². The second-order valence-electron chi connectivity index (χ2n) is 6.44. The van der Waals surface area contributed by atoms with E-state index in [9.17, 15) is 4.79 Å². The van der Waals surface area contributed by atoms with E-state index in [4.69, 9.17) is 4.74 Å². The zero-order chi connectivity index (χ0) is 16.9. The van der Waals surface area contributed by atoms with Gasteiger partial charge in [0.1, 0.15) is 0 Å². The smallest absolute Gasteiger partial charge is 0.238 e. The molecule has 24 heavy (non-hydrogen) atoms. The van der Waals surface area contributed by atoms with E-state index in [0.717, 1.165) is 24.3 Å². The zero-order valence-corrected chi connectivity index (χ0v) is 14.2. The number of anilines is 1. The molecule has 1 amide bonds. The van der Waals surface area contributed by atoms with Crippen LogP contribution in [0.15, 0.2) is 54.6 Å². The van der Waals surface area contributed by atoms with Crippen molar-refractivity contribution in [1.82, 2.24) is 4.90 Å². The van der Waals surface area contributed by atoms with Crippen molar-refractivity contribution in [2.75, 3.05) is 25.0 Å². The van der Waals surface area contributed by atoms with Crippen molar-refractivity contribution in [3.05, 3.63) is 54.6 Å². The van der Waals surface area contributed by atoms with E-state index >= 15 is 0 Å². The number of nitrogens with zero attached hydrogens (tertiary/aromatic N) is 1. The van der Waals surface area contributed by atoms with Crippen molar-refractivity contribution in [3.8, 4) is 11.1 Å². The molecule has 2 aromatic rings. The molecule has 0 unspecified atom stereocenters. The minimum Gasteiger partial charge on any atom is -0.373 e. The highest BCUT2D eigenvalue weighted by molar-refractivity contribution is 5.92. The fourth-order valence-electron chi connectivity index (χ4n) is 3.19. The largest absolute Gasteiger partial charge is 0.373 e. The lowest BCUT2D eigenvalue weighted by Crippen LogP contribution is -2.48. The summed E-state index contributed by atoms with van der Waals surface area (Å²) in [5.74, 6) is 0.0174. The quantitative estimate of drug-likeness (QED) is 0.937. The van der Waals surface area contributed by atoms with Gasteiger partial charge in [-0.25, -0.2) is 0 Å². The van der Waals surface area contributed by atoms with Gasteiger partial charge in [-0.1, -0.05) is 42.5 Å². The van der Waals surface area contributed by atoms with Crippen LogP contribution in [0.2, 0.25) is 0 Å². The molecular weight excluding hydrogens is 300 g/mol. The molecule has 2 aromatic carbocycles. The molecule has 0 spiro atoms. The van der Waals surface area contributed by atoms with Crippen LogP contribution >= 0.6 is 0 Å². The summed E-state index contributed by atoms with van der Waals surface area (Å²) in [5, 5.41) is 2.98. The number of rotatable bonds is 4. The van der Waals surface area contributed by atoms with E-state index in [1.807, 2.05) is 56.3 Å². The average Bonchev–Trinajstić information content (AvgIpc) is 2.55. The Balaban J connectivity index is 1.57. The molecule has 0 saturated carbocycles. The van der Waals surface area contributed by atoms with Crippen LogP contribution in [0.4, 0.5) is 5.69 Å². The molecule has 126 valence electrons. The normalized spacial score (nSPS) is 21.4. The second-order valence-corrected chi connectivity index (χ2v) is 6.44. The number of hydrogen-bond acceptors (Lipinski definition) is 3. The molecular formula is C20H24N2O2. The lowest BCUT2D eigenvalue weighted by Gasteiger charge is -2.34. The third-order valence-corrected chi connectivity index (χ3v) is 4.14. The fraction of sp³-hybridized carbons (Fsp3) is 0.350. The number of carbonyl (C=O) groups excluding carboxylic acids is 1. The Bertz CT molecular complexity index is 660. The molecule has 0 radical (unpaired) electrons. The van der Waals surface area contributed by atoms with Gasteiger partial charge in [0, 0.05) is 18.8 Å². The Hall–Kier alpha value is -2.17. The number of nitrogens with one attached hydrogen (secondary N) is 1. The Morgan fingerprint density at radius 2 is 1.58 bits per heavy atom. The van der Waals surface area contributed by atoms with Crippen molar-refractivity contribution in [1.29, 1.82) is 0 Å². The van der Waals surface area contributed by atoms with Gasteiger partial charge in [-0.05, 0) is 37.1 Å². The first-order valence-corrected chi connectivity index (χ1v) is 8.43. The van der Waals surface area contributed by atoms with E-state index in [-0.39, 0.29) is 18.1 Å². The van der Waals surface area contributed by atoms with E-state index < -0.39 is 0 Å². The van der Waals surface area contributed by atoms with Crippen molar-refractivity contribution < 1.29 is 9.53 Å². The monoisotopic (exact) mass is 324 g/mol. The summed E-state index contributed by atoms with van der Waals surface area (Å²) in [6, 6.07) is 18.2. The molecule has 0 aliphatic carbocycles. The van der Waals surface area contributed by atoms with Gasteiger partial charge in [-0.2, -0.15) is 0 Å². The summed E-state index contributed by atoms with van der Waals surface area (Å²) < 4.78 is 5.70. The summed E-state index contributed by atoms with van der Waals surface area (Å²) in [5.41, 5.74) is 3.14. The first kappa shape index (κ1) is 16.7. The van der Waals surface area contributed by atoms with Gasteiger partial charge in [0.25, 0.3) is 0 Å². The summed E-state index contributed by atoms with van der Waals surface area (Å²) in [6.45, 7) is 6.08. The molecule has 4 nitrogen and oxygen atoms in total. The summed E-state index contributed by atoms with van der Waals surface area (Å²) in [7, 11) is 0. The summed E-state index contributed by atoms with van der Waals surface area (Å²) in [6.07, 6.45) is 0.346. The molecule has 1 heterocycles. The summed E-state index contributed by atoms with van der Waals surface area (Å²) in [4.78, 5) is 14.4. The van der Waals surface area contributed by atoms with E-state index in [1.54, 1.807) is 0 Å². The molecule has 1 N–H and O–H groups in total. The summed E-state index contributed by atoms with van der Waals surface area (Å²) >= 11 is 0. The van der Waals surface area contributed by atoms with Crippen LogP contribution < -0.4 is 5.32 Å². The molecule has 1 aliphatic rings. The number of amides is 1. The number of ether oxygens (including phenoxy) is 1. The van der Waals surface area contributed by atoms with Gasteiger partial charge < -0.3 is 10.1 Å². The van der Waals surface area contributed by atoms with Gasteiger partial charge in [0.15, 0.2) is 0 Å². The maximum atomic E-state index is 12.3. The first-order chi connectivity index (χ1) is 11.6. The van der Waals surface area contributed by atoms with Crippen LogP contribution in [0.5, 0.6) is 0 Å². The van der Waals surface area contributed by atoms with Crippen LogP contribution in [0, 0.1) is 0 Å². The van der Waals surface area contributed by atoms with Crippen LogP contribution in [0.25, 0.3) is 11.1 Å². The lowest BCUT2D eigenvalue weighted by molar-refractivity contribution is -0.121. The Morgan fingerprint density at radius 1 is 1.00 bits per heavy atom. The highest BCUT2D eigenvalue weighted by atomic mass is 16.5. The standard InChI is InChI=1S/C20H24N2O2/c1-15-12-22(13-16(2)24-15)14-20(23)21-19-10-8-18(9-11-19)17-6-4-3-5-7-17/h3-11,15-16H,12-14H2,1-2H3,(H,21,23)/t15-,16-/m0/s1. The Labute approximate surface area is 143 Å². The minimum atomic E-state index is 0.0174.